The maximum atomic E-state index is 10.5. The molecular weight excluding hydrogens is 222 g/mol. The summed E-state index contributed by atoms with van der Waals surface area (Å²) in [4.78, 5) is 9.92. The number of benzene rings is 1. The Bertz CT molecular complexity index is 394. The SMILES string of the molecule is CC(OS(=O)O)c1cccc([N+](=O)[O-])c1. The first kappa shape index (κ1) is 11.8. The highest BCUT2D eigenvalue weighted by atomic mass is 32.2. The molecule has 0 bridgehead atoms. The van der Waals surface area contributed by atoms with Crippen molar-refractivity contribution in [2.45, 2.75) is 13.0 Å². The predicted octanol–water partition coefficient (Wildman–Crippen LogP) is 1.81. The van der Waals surface area contributed by atoms with Crippen molar-refractivity contribution in [2.24, 2.45) is 0 Å². The molecule has 15 heavy (non-hydrogen) atoms. The summed E-state index contributed by atoms with van der Waals surface area (Å²) in [6, 6.07) is 5.72. The third-order valence-electron chi connectivity index (χ3n) is 1.78. The predicted molar refractivity (Wildman–Crippen MR) is 53.4 cm³/mol. The molecule has 0 radical (unpaired) electrons. The van der Waals surface area contributed by atoms with Crippen molar-refractivity contribution in [1.82, 2.24) is 0 Å². The van der Waals surface area contributed by atoms with E-state index in [4.69, 9.17) is 4.55 Å². The summed E-state index contributed by atoms with van der Waals surface area (Å²) in [5.74, 6) is 0. The Labute approximate surface area is 88.5 Å². The molecule has 1 rings (SSSR count). The van der Waals surface area contributed by atoms with E-state index in [9.17, 15) is 14.3 Å². The summed E-state index contributed by atoms with van der Waals surface area (Å²) in [6.07, 6.45) is -0.671. The highest BCUT2D eigenvalue weighted by Crippen LogP contribution is 2.21. The normalized spacial score (nSPS) is 14.5. The minimum Gasteiger partial charge on any atom is -0.284 e. The molecule has 0 aliphatic heterocycles. The molecule has 0 fully saturated rings. The van der Waals surface area contributed by atoms with E-state index < -0.39 is 22.4 Å². The van der Waals surface area contributed by atoms with E-state index in [1.54, 1.807) is 6.07 Å². The summed E-state index contributed by atoms with van der Waals surface area (Å²) in [7, 11) is 0. The second-order valence-electron chi connectivity index (χ2n) is 2.81. The summed E-state index contributed by atoms with van der Waals surface area (Å²) in [5, 5.41) is 10.5. The Hall–Kier alpha value is -1.31. The highest BCUT2D eigenvalue weighted by Gasteiger charge is 2.13. The van der Waals surface area contributed by atoms with Gasteiger partial charge in [0.25, 0.3) is 5.69 Å². The number of non-ortho nitro benzene ring substituents is 1. The van der Waals surface area contributed by atoms with Crippen LogP contribution in [0.25, 0.3) is 0 Å². The smallest absolute Gasteiger partial charge is 0.284 e. The van der Waals surface area contributed by atoms with E-state index in [-0.39, 0.29) is 5.69 Å². The third-order valence-corrected chi connectivity index (χ3v) is 2.23. The molecule has 6 nitrogen and oxygen atoms in total. The zero-order chi connectivity index (χ0) is 11.4. The summed E-state index contributed by atoms with van der Waals surface area (Å²) in [5.41, 5.74) is 0.401. The fourth-order valence-electron chi connectivity index (χ4n) is 1.07. The van der Waals surface area contributed by atoms with Gasteiger partial charge in [0.15, 0.2) is 0 Å². The van der Waals surface area contributed by atoms with Crippen molar-refractivity contribution in [3.63, 3.8) is 0 Å². The molecule has 0 aliphatic rings. The van der Waals surface area contributed by atoms with E-state index in [1.165, 1.54) is 25.1 Å². The van der Waals surface area contributed by atoms with Crippen LogP contribution in [-0.4, -0.2) is 13.7 Å². The number of rotatable bonds is 4. The molecule has 0 heterocycles. The molecule has 0 amide bonds. The number of hydrogen-bond acceptors (Lipinski definition) is 4. The zero-order valence-corrected chi connectivity index (χ0v) is 8.64. The molecule has 82 valence electrons. The van der Waals surface area contributed by atoms with E-state index in [1.807, 2.05) is 0 Å². The van der Waals surface area contributed by atoms with Crippen LogP contribution >= 0.6 is 0 Å². The lowest BCUT2D eigenvalue weighted by atomic mass is 10.1. The Morgan fingerprint density at radius 1 is 1.60 bits per heavy atom. The van der Waals surface area contributed by atoms with Crippen LogP contribution in [0.3, 0.4) is 0 Å². The molecule has 2 atom stereocenters. The lowest BCUT2D eigenvalue weighted by molar-refractivity contribution is -0.385. The van der Waals surface area contributed by atoms with Crippen molar-refractivity contribution < 1.29 is 17.9 Å². The van der Waals surface area contributed by atoms with Crippen molar-refractivity contribution in [3.05, 3.63) is 39.9 Å². The Morgan fingerprint density at radius 2 is 2.27 bits per heavy atom. The van der Waals surface area contributed by atoms with Crippen LogP contribution in [0.15, 0.2) is 24.3 Å². The summed E-state index contributed by atoms with van der Waals surface area (Å²) >= 11 is -2.38. The largest absolute Gasteiger partial charge is 0.302 e. The van der Waals surface area contributed by atoms with Gasteiger partial charge in [0.1, 0.15) is 0 Å². The first-order valence-corrected chi connectivity index (χ1v) is 5.06. The van der Waals surface area contributed by atoms with Gasteiger partial charge in [0.2, 0.25) is 0 Å². The zero-order valence-electron chi connectivity index (χ0n) is 7.82. The third kappa shape index (κ3) is 3.39. The van der Waals surface area contributed by atoms with Crippen LogP contribution in [0.5, 0.6) is 0 Å². The minimum atomic E-state index is -2.38. The topological polar surface area (TPSA) is 89.7 Å². The molecule has 0 saturated carbocycles. The number of nitro groups is 1. The van der Waals surface area contributed by atoms with E-state index >= 15 is 0 Å². The van der Waals surface area contributed by atoms with Gasteiger partial charge in [-0.3, -0.25) is 18.9 Å². The Kier molecular flexibility index (Phi) is 3.89. The lowest BCUT2D eigenvalue weighted by Crippen LogP contribution is -2.02. The van der Waals surface area contributed by atoms with Crippen molar-refractivity contribution in [2.75, 3.05) is 0 Å². The molecule has 0 saturated heterocycles. The van der Waals surface area contributed by atoms with E-state index in [0.29, 0.717) is 5.56 Å². The van der Waals surface area contributed by atoms with Crippen LogP contribution in [0.2, 0.25) is 0 Å². The second-order valence-corrected chi connectivity index (χ2v) is 3.43. The fourth-order valence-corrected chi connectivity index (χ4v) is 1.43. The van der Waals surface area contributed by atoms with Crippen LogP contribution in [-0.2, 0) is 15.5 Å². The standard InChI is InChI=1S/C8H9NO5S/c1-6(14-15(12)13)7-3-2-4-8(5-7)9(10)11/h2-6H,1H3,(H,12,13). The Morgan fingerprint density at radius 3 is 2.80 bits per heavy atom. The second kappa shape index (κ2) is 4.96. The molecule has 0 aliphatic carbocycles. The average molecular weight is 231 g/mol. The van der Waals surface area contributed by atoms with E-state index in [0.717, 1.165) is 0 Å². The van der Waals surface area contributed by atoms with Gasteiger partial charge in [-0.2, -0.15) is 4.21 Å². The maximum Gasteiger partial charge on any atom is 0.302 e. The van der Waals surface area contributed by atoms with Gasteiger partial charge in [0, 0.05) is 12.1 Å². The molecule has 2 unspecified atom stereocenters. The first-order valence-electron chi connectivity index (χ1n) is 4.03. The lowest BCUT2D eigenvalue weighted by Gasteiger charge is -2.08. The van der Waals surface area contributed by atoms with Gasteiger partial charge in [-0.1, -0.05) is 12.1 Å². The average Bonchev–Trinajstić information content (AvgIpc) is 2.17. The van der Waals surface area contributed by atoms with Crippen LogP contribution < -0.4 is 0 Å². The minimum absolute atomic E-state index is 0.0772. The molecular formula is C8H9NO5S. The van der Waals surface area contributed by atoms with Crippen LogP contribution in [0.1, 0.15) is 18.6 Å². The van der Waals surface area contributed by atoms with Gasteiger partial charge in [-0.05, 0) is 12.5 Å². The van der Waals surface area contributed by atoms with Gasteiger partial charge < -0.3 is 0 Å². The monoisotopic (exact) mass is 231 g/mol. The van der Waals surface area contributed by atoms with Gasteiger partial charge in [0.05, 0.1) is 11.0 Å². The van der Waals surface area contributed by atoms with Gasteiger partial charge in [-0.15, -0.1) is 0 Å². The summed E-state index contributed by atoms with van der Waals surface area (Å²) < 4.78 is 23.4. The van der Waals surface area contributed by atoms with E-state index in [2.05, 4.69) is 4.18 Å². The molecule has 1 aromatic rings. The van der Waals surface area contributed by atoms with Gasteiger partial charge >= 0.3 is 11.4 Å². The number of hydrogen-bond donors (Lipinski definition) is 1. The van der Waals surface area contributed by atoms with Crippen LogP contribution in [0.4, 0.5) is 5.69 Å². The molecule has 1 N–H and O–H groups in total. The molecule has 0 aromatic heterocycles. The first-order chi connectivity index (χ1) is 7.00. The van der Waals surface area contributed by atoms with Crippen LogP contribution in [0, 0.1) is 10.1 Å². The molecule has 0 spiro atoms. The highest BCUT2D eigenvalue weighted by molar-refractivity contribution is 7.74. The Balaban J connectivity index is 2.89. The maximum absolute atomic E-state index is 10.5. The number of nitro benzene ring substituents is 1. The quantitative estimate of drug-likeness (QED) is 0.485. The van der Waals surface area contributed by atoms with Crippen molar-refractivity contribution >= 4 is 17.0 Å². The summed E-state index contributed by atoms with van der Waals surface area (Å²) in [6.45, 7) is 1.53. The molecule has 7 heteroatoms. The van der Waals surface area contributed by atoms with Crippen molar-refractivity contribution in [1.29, 1.82) is 0 Å². The molecule has 1 aromatic carbocycles. The number of nitrogens with zero attached hydrogens (tertiary/aromatic N) is 1. The van der Waals surface area contributed by atoms with Gasteiger partial charge in [-0.25, -0.2) is 0 Å². The van der Waals surface area contributed by atoms with Crippen molar-refractivity contribution in [3.8, 4) is 0 Å². The fraction of sp³-hybridized carbons (Fsp3) is 0.250.